The molecule has 1 aliphatic heterocycles. The van der Waals surface area contributed by atoms with E-state index in [2.05, 4.69) is 34.0 Å². The van der Waals surface area contributed by atoms with Gasteiger partial charge in [-0.05, 0) is 45.0 Å². The van der Waals surface area contributed by atoms with E-state index in [0.717, 1.165) is 29.9 Å². The summed E-state index contributed by atoms with van der Waals surface area (Å²) in [5, 5.41) is 11.3. The zero-order valence-electron chi connectivity index (χ0n) is 20.1. The molecule has 4 heterocycles. The molecule has 0 radical (unpaired) electrons. The third kappa shape index (κ3) is 5.79. The summed E-state index contributed by atoms with van der Waals surface area (Å²) in [5.41, 5.74) is 3.24. The molecule has 4 aromatic rings. The van der Waals surface area contributed by atoms with Crippen LogP contribution in [0.4, 0.5) is 27.6 Å². The first-order valence-corrected chi connectivity index (χ1v) is 11.4. The number of rotatable bonds is 2. The van der Waals surface area contributed by atoms with Crippen LogP contribution in [-0.2, 0) is 4.79 Å². The van der Waals surface area contributed by atoms with Crippen molar-refractivity contribution in [3.63, 3.8) is 0 Å². The van der Waals surface area contributed by atoms with E-state index in [1.807, 2.05) is 19.1 Å². The highest BCUT2D eigenvalue weighted by Crippen LogP contribution is 2.29. The summed E-state index contributed by atoms with van der Waals surface area (Å²) in [6.07, 6.45) is -1.56. The van der Waals surface area contributed by atoms with Gasteiger partial charge >= 0.3 is 12.1 Å². The van der Waals surface area contributed by atoms with Crippen molar-refractivity contribution >= 4 is 28.2 Å². The highest BCUT2D eigenvalue weighted by Gasteiger charge is 2.38. The number of alkyl halides is 3. The van der Waals surface area contributed by atoms with Crippen molar-refractivity contribution in [2.24, 2.45) is 0 Å². The SMILES string of the molecule is Cc1cn2cc(-c3ccc4cc(N5C[C@H](C)N[C@@H](C)C5)cc(F)c4n3)cc(F)c2n1.O=C(O)C(F)(F)F. The first-order valence-electron chi connectivity index (χ1n) is 11.4. The minimum atomic E-state index is -5.08. The van der Waals surface area contributed by atoms with E-state index < -0.39 is 18.0 Å². The van der Waals surface area contributed by atoms with Crippen molar-refractivity contribution in [3.8, 4) is 11.3 Å². The van der Waals surface area contributed by atoms with Crippen molar-refractivity contribution < 1.29 is 31.9 Å². The molecule has 1 aromatic carbocycles. The van der Waals surface area contributed by atoms with Crippen LogP contribution in [0.3, 0.4) is 0 Å². The number of pyridine rings is 2. The summed E-state index contributed by atoms with van der Waals surface area (Å²) in [6.45, 7) is 7.72. The minimum absolute atomic E-state index is 0.271. The fourth-order valence-electron chi connectivity index (χ4n) is 4.38. The zero-order valence-corrected chi connectivity index (χ0v) is 20.1. The molecule has 0 aliphatic carbocycles. The Morgan fingerprint density at radius 1 is 1.03 bits per heavy atom. The Bertz CT molecular complexity index is 1460. The number of nitrogens with one attached hydrogen (secondary N) is 1. The molecule has 1 saturated heterocycles. The van der Waals surface area contributed by atoms with Crippen LogP contribution in [0.2, 0.25) is 0 Å². The van der Waals surface area contributed by atoms with Crippen molar-refractivity contribution in [1.82, 2.24) is 19.7 Å². The number of aryl methyl sites for hydroxylation is 1. The van der Waals surface area contributed by atoms with Crippen LogP contribution < -0.4 is 10.2 Å². The average molecular weight is 521 g/mol. The number of carboxylic acids is 1. The monoisotopic (exact) mass is 521 g/mol. The van der Waals surface area contributed by atoms with Crippen LogP contribution in [0, 0.1) is 18.6 Å². The number of aliphatic carboxylic acids is 1. The average Bonchev–Trinajstić information content (AvgIpc) is 3.19. The molecule has 0 bridgehead atoms. The number of carbonyl (C=O) groups is 1. The van der Waals surface area contributed by atoms with Crippen molar-refractivity contribution in [1.29, 1.82) is 0 Å². The quantitative estimate of drug-likeness (QED) is 0.363. The van der Waals surface area contributed by atoms with Crippen LogP contribution in [0.15, 0.2) is 42.7 Å². The third-order valence-electron chi connectivity index (χ3n) is 5.82. The molecule has 2 atom stereocenters. The summed E-state index contributed by atoms with van der Waals surface area (Å²) in [4.78, 5) is 19.8. The summed E-state index contributed by atoms with van der Waals surface area (Å²) in [7, 11) is 0. The molecular formula is C25H24F5N5O2. The predicted molar refractivity (Wildman–Crippen MR) is 129 cm³/mol. The number of piperazine rings is 1. The maximum atomic E-state index is 15.0. The van der Waals surface area contributed by atoms with Crippen LogP contribution in [0.5, 0.6) is 0 Å². The number of nitrogens with zero attached hydrogens (tertiary/aromatic N) is 4. The maximum absolute atomic E-state index is 15.0. The van der Waals surface area contributed by atoms with Gasteiger partial charge in [-0.15, -0.1) is 0 Å². The van der Waals surface area contributed by atoms with Crippen LogP contribution in [0.25, 0.3) is 27.8 Å². The first kappa shape index (κ1) is 26.3. The molecule has 5 rings (SSSR count). The normalized spacial score (nSPS) is 18.1. The van der Waals surface area contributed by atoms with E-state index in [1.165, 1.54) is 6.07 Å². The Morgan fingerprint density at radius 2 is 1.68 bits per heavy atom. The number of imidazole rings is 1. The number of carboxylic acid groups (broad SMARTS) is 1. The highest BCUT2D eigenvalue weighted by molar-refractivity contribution is 5.85. The van der Waals surface area contributed by atoms with Gasteiger partial charge in [-0.1, -0.05) is 6.07 Å². The third-order valence-corrected chi connectivity index (χ3v) is 5.82. The molecule has 196 valence electrons. The number of hydrogen-bond donors (Lipinski definition) is 2. The van der Waals surface area contributed by atoms with Crippen LogP contribution in [0.1, 0.15) is 19.5 Å². The predicted octanol–water partition coefficient (Wildman–Crippen LogP) is 4.96. The largest absolute Gasteiger partial charge is 0.490 e. The molecule has 1 aliphatic rings. The lowest BCUT2D eigenvalue weighted by Crippen LogP contribution is -2.54. The molecule has 12 heteroatoms. The van der Waals surface area contributed by atoms with Gasteiger partial charge in [-0.2, -0.15) is 13.2 Å². The minimum Gasteiger partial charge on any atom is -0.475 e. The zero-order chi connectivity index (χ0) is 27.1. The molecule has 2 N–H and O–H groups in total. The van der Waals surface area contributed by atoms with E-state index in [1.54, 1.807) is 28.9 Å². The number of hydrogen-bond acceptors (Lipinski definition) is 5. The number of halogens is 5. The lowest BCUT2D eigenvalue weighted by atomic mass is 10.1. The van der Waals surface area contributed by atoms with Crippen molar-refractivity contribution in [2.45, 2.75) is 39.0 Å². The second-order valence-electron chi connectivity index (χ2n) is 9.06. The van der Waals surface area contributed by atoms with E-state index >= 15 is 4.39 Å². The van der Waals surface area contributed by atoms with Gasteiger partial charge in [0.15, 0.2) is 17.3 Å². The molecule has 0 saturated carbocycles. The molecule has 1 fully saturated rings. The topological polar surface area (TPSA) is 82.8 Å². The van der Waals surface area contributed by atoms with Crippen molar-refractivity contribution in [2.75, 3.05) is 18.0 Å². The van der Waals surface area contributed by atoms with Gasteiger partial charge in [-0.3, -0.25) is 0 Å². The van der Waals surface area contributed by atoms with E-state index in [9.17, 15) is 17.6 Å². The second kappa shape index (κ2) is 9.92. The van der Waals surface area contributed by atoms with Gasteiger partial charge < -0.3 is 19.7 Å². The summed E-state index contributed by atoms with van der Waals surface area (Å²) in [5.74, 6) is -3.56. The fourth-order valence-corrected chi connectivity index (χ4v) is 4.38. The lowest BCUT2D eigenvalue weighted by molar-refractivity contribution is -0.192. The Morgan fingerprint density at radius 3 is 2.30 bits per heavy atom. The summed E-state index contributed by atoms with van der Waals surface area (Å²) in [6, 6.07) is 9.25. The molecule has 0 unspecified atom stereocenters. The van der Waals surface area contributed by atoms with Gasteiger partial charge in [0.05, 0.1) is 11.4 Å². The molecule has 0 amide bonds. The van der Waals surface area contributed by atoms with Gasteiger partial charge in [0.1, 0.15) is 5.52 Å². The molecule has 3 aromatic heterocycles. The highest BCUT2D eigenvalue weighted by atomic mass is 19.4. The second-order valence-corrected chi connectivity index (χ2v) is 9.06. The van der Waals surface area contributed by atoms with Gasteiger partial charge in [-0.25, -0.2) is 23.5 Å². The standard InChI is InChI=1S/C23H23F2N5.C2HF3O2/c1-13-9-29(10-14(2)26-13)18-6-16-4-5-21(28-22(16)19(24)8-18)17-7-20(25)23-27-15(3)11-30(23)12-17;3-2(4,5)1(6)7/h4-8,11-14,26H,9-10H2,1-3H3;(H,6,7)/t13-,14-;/m0./s1. The number of aromatic nitrogens is 3. The van der Waals surface area contributed by atoms with Gasteiger partial charge in [0.25, 0.3) is 0 Å². The molecule has 7 nitrogen and oxygen atoms in total. The lowest BCUT2D eigenvalue weighted by Gasteiger charge is -2.37. The van der Waals surface area contributed by atoms with Crippen molar-refractivity contribution in [3.05, 3.63) is 60.1 Å². The first-order chi connectivity index (χ1) is 17.3. The number of fused-ring (bicyclic) bond motifs is 2. The van der Waals surface area contributed by atoms with E-state index in [4.69, 9.17) is 9.90 Å². The van der Waals surface area contributed by atoms with E-state index in [-0.39, 0.29) is 17.0 Å². The number of benzene rings is 1. The maximum Gasteiger partial charge on any atom is 0.490 e. The molecule has 37 heavy (non-hydrogen) atoms. The van der Waals surface area contributed by atoms with Gasteiger partial charge in [0.2, 0.25) is 0 Å². The summed E-state index contributed by atoms with van der Waals surface area (Å²) >= 11 is 0. The Labute approximate surface area is 208 Å². The van der Waals surface area contributed by atoms with Crippen LogP contribution in [-0.4, -0.2) is 56.8 Å². The molecular weight excluding hydrogens is 497 g/mol. The Hall–Kier alpha value is -3.80. The fraction of sp³-hybridized carbons (Fsp3) is 0.320. The summed E-state index contributed by atoms with van der Waals surface area (Å²) < 4.78 is 62.9. The molecule has 0 spiro atoms. The van der Waals surface area contributed by atoms with Gasteiger partial charge in [0, 0.05) is 54.2 Å². The van der Waals surface area contributed by atoms with E-state index in [0.29, 0.717) is 23.3 Å². The Balaban J connectivity index is 0.000000405. The smallest absolute Gasteiger partial charge is 0.475 e. The Kier molecular flexibility index (Phi) is 7.05. The van der Waals surface area contributed by atoms with Crippen LogP contribution >= 0.6 is 0 Å². The number of anilines is 1.